The molecule has 7 aromatic rings. The van der Waals surface area contributed by atoms with Crippen molar-refractivity contribution in [3.05, 3.63) is 117 Å². The number of hydrogen-bond acceptors (Lipinski definition) is 10. The molecule has 3 N–H and O–H groups in total. The van der Waals surface area contributed by atoms with Crippen molar-refractivity contribution < 1.29 is 56.1 Å². The molecular weight excluding hydrogens is 872 g/mol. The molecule has 0 atom stereocenters. The van der Waals surface area contributed by atoms with Gasteiger partial charge in [0.05, 0.1) is 32.5 Å². The maximum absolute atomic E-state index is 13.1. The minimum absolute atomic E-state index is 0.0424. The van der Waals surface area contributed by atoms with E-state index < -0.39 is 30.0 Å². The Morgan fingerprint density at radius 2 is 1.21 bits per heavy atom. The number of imidazole rings is 1. The molecular formula is C43H35Cl2F3N6O9. The van der Waals surface area contributed by atoms with Gasteiger partial charge in [-0.1, -0.05) is 35.3 Å². The summed E-state index contributed by atoms with van der Waals surface area (Å²) >= 11 is 13.0. The minimum Gasteiger partial charge on any atom is -0.475 e. The monoisotopic (exact) mass is 906 g/mol. The van der Waals surface area contributed by atoms with E-state index in [1.54, 1.807) is 24.3 Å². The molecule has 3 aromatic heterocycles. The van der Waals surface area contributed by atoms with Crippen molar-refractivity contribution in [3.63, 3.8) is 0 Å². The van der Waals surface area contributed by atoms with E-state index in [0.717, 1.165) is 29.2 Å². The third-order valence-electron chi connectivity index (χ3n) is 10.6. The first-order valence-corrected chi connectivity index (χ1v) is 20.1. The molecule has 0 spiro atoms. The van der Waals surface area contributed by atoms with Gasteiger partial charge in [-0.3, -0.25) is 9.59 Å². The van der Waals surface area contributed by atoms with Gasteiger partial charge >= 0.3 is 18.3 Å². The Bertz CT molecular complexity index is 2910. The molecule has 0 aliphatic carbocycles. The van der Waals surface area contributed by atoms with Crippen molar-refractivity contribution in [1.82, 2.24) is 19.8 Å². The van der Waals surface area contributed by atoms with Crippen LogP contribution in [0.1, 0.15) is 47.6 Å². The number of aromatic carboxylic acids is 2. The molecule has 2 amide bonds. The summed E-state index contributed by atoms with van der Waals surface area (Å²) in [6.45, 7) is 5.67. The fourth-order valence-corrected chi connectivity index (χ4v) is 8.30. The summed E-state index contributed by atoms with van der Waals surface area (Å²) in [5, 5.41) is 20.1. The average molecular weight is 908 g/mol. The number of alkyl halides is 3. The number of piperazine rings is 2. The Morgan fingerprint density at radius 1 is 0.698 bits per heavy atom. The van der Waals surface area contributed by atoms with E-state index in [1.807, 2.05) is 34.9 Å². The van der Waals surface area contributed by atoms with E-state index in [0.29, 0.717) is 101 Å². The first-order valence-electron chi connectivity index (χ1n) is 19.3. The van der Waals surface area contributed by atoms with Gasteiger partial charge in [0.1, 0.15) is 28.3 Å². The Morgan fingerprint density at radius 3 is 1.71 bits per heavy atom. The van der Waals surface area contributed by atoms with E-state index in [1.165, 1.54) is 29.2 Å². The van der Waals surface area contributed by atoms with Gasteiger partial charge in [0.25, 0.3) is 11.8 Å². The molecule has 0 radical (unpaired) electrons. The summed E-state index contributed by atoms with van der Waals surface area (Å²) < 4.78 is 51.8. The number of amides is 2. The van der Waals surface area contributed by atoms with Crippen LogP contribution in [0.5, 0.6) is 5.75 Å². The van der Waals surface area contributed by atoms with Crippen molar-refractivity contribution in [3.8, 4) is 5.75 Å². The van der Waals surface area contributed by atoms with Gasteiger partial charge in [-0.15, -0.1) is 13.2 Å². The highest BCUT2D eigenvalue weighted by molar-refractivity contribution is 6.38. The molecule has 9 rings (SSSR count). The molecule has 5 heterocycles. The molecule has 0 unspecified atom stereocenters. The Labute approximate surface area is 364 Å². The van der Waals surface area contributed by atoms with Crippen LogP contribution in [0.15, 0.2) is 87.7 Å². The number of aromatic nitrogens is 2. The number of rotatable bonds is 7. The first kappa shape index (κ1) is 42.8. The number of nitrogens with zero attached hydrogens (tertiary/aromatic N) is 5. The summed E-state index contributed by atoms with van der Waals surface area (Å²) in [4.78, 5) is 63.2. The van der Waals surface area contributed by atoms with Crippen molar-refractivity contribution >= 4 is 91.3 Å². The minimum atomic E-state index is -4.84. The molecule has 2 saturated heterocycles. The second-order valence-electron chi connectivity index (χ2n) is 14.6. The summed E-state index contributed by atoms with van der Waals surface area (Å²) in [5.74, 6) is -2.82. The van der Waals surface area contributed by atoms with Crippen LogP contribution in [0.4, 0.5) is 24.5 Å². The van der Waals surface area contributed by atoms with Crippen LogP contribution < -0.4 is 14.5 Å². The maximum atomic E-state index is 13.1. The number of nitrogens with one attached hydrogen (secondary N) is 1. The summed E-state index contributed by atoms with van der Waals surface area (Å²) in [5.41, 5.74) is 4.48. The molecule has 4 aromatic carbocycles. The van der Waals surface area contributed by atoms with Gasteiger partial charge in [-0.05, 0) is 61.5 Å². The quantitative estimate of drug-likeness (QED) is 0.139. The lowest BCUT2D eigenvalue weighted by molar-refractivity contribution is -0.274. The van der Waals surface area contributed by atoms with E-state index >= 15 is 0 Å². The summed E-state index contributed by atoms with van der Waals surface area (Å²) in [6.07, 6.45) is -4.84. The van der Waals surface area contributed by atoms with Crippen molar-refractivity contribution in [2.75, 3.05) is 62.2 Å². The van der Waals surface area contributed by atoms with Crippen molar-refractivity contribution in [1.29, 1.82) is 0 Å². The topological polar surface area (TPSA) is 186 Å². The summed E-state index contributed by atoms with van der Waals surface area (Å²) in [7, 11) is 0. The zero-order valence-corrected chi connectivity index (χ0v) is 34.6. The highest BCUT2D eigenvalue weighted by Gasteiger charge is 2.32. The van der Waals surface area contributed by atoms with Crippen molar-refractivity contribution in [2.24, 2.45) is 0 Å². The molecule has 20 heteroatoms. The highest BCUT2D eigenvalue weighted by Crippen LogP contribution is 2.37. The number of benzene rings is 4. The molecule has 2 aliphatic heterocycles. The van der Waals surface area contributed by atoms with Gasteiger partial charge in [0.15, 0.2) is 0 Å². The number of furan rings is 2. The van der Waals surface area contributed by atoms with Crippen LogP contribution in [0.3, 0.4) is 0 Å². The number of ether oxygens (including phenoxy) is 1. The molecule has 2 fully saturated rings. The van der Waals surface area contributed by atoms with E-state index in [-0.39, 0.29) is 23.0 Å². The molecule has 326 valence electrons. The van der Waals surface area contributed by atoms with Crippen LogP contribution >= 0.6 is 23.2 Å². The highest BCUT2D eigenvalue weighted by atomic mass is 35.5. The zero-order chi connectivity index (χ0) is 44.7. The number of carboxylic acid groups (broad SMARTS) is 2. The number of para-hydroxylation sites is 1. The zero-order valence-electron chi connectivity index (χ0n) is 33.0. The SMILES string of the molecule is Cc1nc2c(C(=O)N3CCN(c4ccc5oc(C(=O)O)cc5c4Cl)CC3)cccc2[nH]1.O=C(O)c1cc2c(Cl)c(N3CCN(C(=O)c4cccc(OC(F)(F)F)c4)CC3)ccc2o1. The average Bonchev–Trinajstić information content (AvgIpc) is 4.01. The number of carboxylic acids is 2. The molecule has 2 aliphatic rings. The molecule has 0 saturated carbocycles. The second kappa shape index (κ2) is 17.1. The maximum Gasteiger partial charge on any atom is 0.573 e. The number of fused-ring (bicyclic) bond motifs is 3. The number of H-pyrrole nitrogens is 1. The fraction of sp³-hybridized carbons (Fsp3) is 0.233. The first-order chi connectivity index (χ1) is 30.0. The number of hydrogen-bond donors (Lipinski definition) is 3. The predicted molar refractivity (Wildman–Crippen MR) is 227 cm³/mol. The predicted octanol–water partition coefficient (Wildman–Crippen LogP) is 8.58. The lowest BCUT2D eigenvalue weighted by atomic mass is 10.1. The smallest absolute Gasteiger partial charge is 0.475 e. The Balaban J connectivity index is 0.000000173. The van der Waals surface area contributed by atoms with Crippen LogP contribution in [0.25, 0.3) is 33.0 Å². The second-order valence-corrected chi connectivity index (χ2v) is 15.4. The standard InChI is InChI=1S/C22H19ClN4O4.C21H16ClF3N2O5/c1-12-24-15-4-2-3-13(20(15)25-12)21(28)27-9-7-26(8-10-27)16-5-6-17-14(19(16)23)11-18(31-17)22(29)30;22-18-14-11-17(20(29)30)31-16(14)5-4-15(18)26-6-8-27(9-7-26)19(28)12-2-1-3-13(10-12)32-21(23,24)25/h2-6,11H,7-10H2,1H3,(H,24,25)(H,29,30);1-5,10-11H,6-9H2,(H,29,30). The number of anilines is 2. The number of aryl methyl sites for hydroxylation is 1. The van der Waals surface area contributed by atoms with Gasteiger partial charge < -0.3 is 48.4 Å². The van der Waals surface area contributed by atoms with Crippen LogP contribution in [-0.4, -0.2) is 112 Å². The third-order valence-corrected chi connectivity index (χ3v) is 11.4. The summed E-state index contributed by atoms with van der Waals surface area (Å²) in [6, 6.07) is 20.2. The lowest BCUT2D eigenvalue weighted by Crippen LogP contribution is -2.49. The van der Waals surface area contributed by atoms with E-state index in [2.05, 4.69) is 19.6 Å². The van der Waals surface area contributed by atoms with Gasteiger partial charge in [0, 0.05) is 80.8 Å². The Kier molecular flexibility index (Phi) is 11.6. The van der Waals surface area contributed by atoms with Gasteiger partial charge in [-0.25, -0.2) is 14.6 Å². The van der Waals surface area contributed by atoms with E-state index in [4.69, 9.17) is 42.2 Å². The number of halogens is 5. The molecule has 63 heavy (non-hydrogen) atoms. The molecule has 0 bridgehead atoms. The van der Waals surface area contributed by atoms with Gasteiger partial charge in [-0.2, -0.15) is 0 Å². The van der Waals surface area contributed by atoms with E-state index in [9.17, 15) is 32.3 Å². The third kappa shape index (κ3) is 8.90. The normalized spacial score (nSPS) is 14.6. The largest absolute Gasteiger partial charge is 0.573 e. The van der Waals surface area contributed by atoms with Crippen LogP contribution in [-0.2, 0) is 0 Å². The van der Waals surface area contributed by atoms with Crippen LogP contribution in [0, 0.1) is 6.92 Å². The van der Waals surface area contributed by atoms with Gasteiger partial charge in [0.2, 0.25) is 11.5 Å². The number of aromatic amines is 1. The molecule has 15 nitrogen and oxygen atoms in total. The van der Waals surface area contributed by atoms with Crippen LogP contribution in [0.2, 0.25) is 10.0 Å². The lowest BCUT2D eigenvalue weighted by Gasteiger charge is -2.36. The number of carbonyl (C=O) groups excluding carboxylic acids is 2. The fourth-order valence-electron chi connectivity index (χ4n) is 7.64. The Hall–Kier alpha value is -6.92. The number of carbonyl (C=O) groups is 4. The van der Waals surface area contributed by atoms with Crippen molar-refractivity contribution in [2.45, 2.75) is 13.3 Å².